The molecule has 15 heavy (non-hydrogen) atoms. The molecule has 0 radical (unpaired) electrons. The second-order valence-electron chi connectivity index (χ2n) is 5.92. The third-order valence-corrected chi connectivity index (χ3v) is 5.27. The summed E-state index contributed by atoms with van der Waals surface area (Å²) in [7, 11) is 0. The van der Waals surface area contributed by atoms with Gasteiger partial charge in [0.15, 0.2) is 0 Å². The summed E-state index contributed by atoms with van der Waals surface area (Å²) in [5, 5.41) is 0. The topological polar surface area (TPSA) is 29.3 Å². The van der Waals surface area contributed by atoms with Gasteiger partial charge in [-0.15, -0.1) is 0 Å². The Morgan fingerprint density at radius 2 is 2.13 bits per heavy atom. The first-order valence-corrected chi connectivity index (χ1v) is 7.26. The van der Waals surface area contributed by atoms with E-state index in [9.17, 15) is 0 Å². The normalized spacial score (nSPS) is 37.0. The van der Waals surface area contributed by atoms with Crippen molar-refractivity contribution >= 4 is 11.8 Å². The fourth-order valence-corrected chi connectivity index (χ4v) is 4.46. The van der Waals surface area contributed by atoms with Crippen molar-refractivity contribution in [3.63, 3.8) is 0 Å². The molecular formula is C12H24N2S. The predicted octanol–water partition coefficient (Wildman–Crippen LogP) is 1.94. The molecule has 0 aliphatic carbocycles. The van der Waals surface area contributed by atoms with E-state index < -0.39 is 0 Å². The van der Waals surface area contributed by atoms with Gasteiger partial charge >= 0.3 is 0 Å². The smallest absolute Gasteiger partial charge is 0.0429 e. The third kappa shape index (κ3) is 2.34. The Bertz CT molecular complexity index is 222. The highest BCUT2D eigenvalue weighted by atomic mass is 32.2. The Labute approximate surface area is 98.0 Å². The Morgan fingerprint density at radius 1 is 1.33 bits per heavy atom. The van der Waals surface area contributed by atoms with Gasteiger partial charge in [-0.3, -0.25) is 4.90 Å². The summed E-state index contributed by atoms with van der Waals surface area (Å²) in [5.74, 6) is 2.55. The number of hydrogen-bond acceptors (Lipinski definition) is 3. The molecular weight excluding hydrogens is 204 g/mol. The first-order valence-electron chi connectivity index (χ1n) is 6.11. The van der Waals surface area contributed by atoms with Gasteiger partial charge in [-0.25, -0.2) is 0 Å². The minimum absolute atomic E-state index is 0.336. The van der Waals surface area contributed by atoms with Gasteiger partial charge in [0.2, 0.25) is 0 Å². The summed E-state index contributed by atoms with van der Waals surface area (Å²) >= 11 is 2.08. The van der Waals surface area contributed by atoms with Crippen LogP contribution in [0.3, 0.4) is 0 Å². The number of thioether (sulfide) groups is 1. The van der Waals surface area contributed by atoms with Gasteiger partial charge in [0, 0.05) is 24.4 Å². The van der Waals surface area contributed by atoms with E-state index in [2.05, 4.69) is 30.5 Å². The van der Waals surface area contributed by atoms with Gasteiger partial charge in [0.1, 0.15) is 0 Å². The van der Waals surface area contributed by atoms with Crippen molar-refractivity contribution in [3.8, 4) is 0 Å². The van der Waals surface area contributed by atoms with E-state index in [0.717, 1.165) is 6.54 Å². The van der Waals surface area contributed by atoms with Crippen LogP contribution in [0.15, 0.2) is 0 Å². The van der Waals surface area contributed by atoms with Crippen molar-refractivity contribution in [1.82, 2.24) is 4.90 Å². The quantitative estimate of drug-likeness (QED) is 0.783. The van der Waals surface area contributed by atoms with Crippen LogP contribution in [0.1, 0.15) is 33.1 Å². The van der Waals surface area contributed by atoms with Crippen molar-refractivity contribution in [2.24, 2.45) is 11.1 Å². The van der Waals surface area contributed by atoms with Gasteiger partial charge in [0.05, 0.1) is 0 Å². The summed E-state index contributed by atoms with van der Waals surface area (Å²) in [6, 6.07) is 0. The molecule has 2 aliphatic rings. The summed E-state index contributed by atoms with van der Waals surface area (Å²) in [6.45, 7) is 8.14. The average Bonchev–Trinajstić information content (AvgIpc) is 2.65. The Kier molecular flexibility index (Phi) is 3.34. The lowest BCUT2D eigenvalue weighted by molar-refractivity contribution is 0.0325. The van der Waals surface area contributed by atoms with Crippen LogP contribution >= 0.6 is 11.8 Å². The summed E-state index contributed by atoms with van der Waals surface area (Å²) in [4.78, 5) is 2.69. The molecule has 0 spiro atoms. The number of likely N-dealkylation sites (tertiary alicyclic amines) is 1. The van der Waals surface area contributed by atoms with Crippen LogP contribution in [0, 0.1) is 5.41 Å². The Morgan fingerprint density at radius 3 is 2.67 bits per heavy atom. The molecule has 2 aliphatic heterocycles. The first kappa shape index (κ1) is 11.7. The summed E-state index contributed by atoms with van der Waals surface area (Å²) in [6.07, 6.45) is 4.01. The SMILES string of the molecule is CC1(C)CCCN(C2(CN)CCSC2)C1. The van der Waals surface area contributed by atoms with Gasteiger partial charge in [-0.05, 0) is 37.0 Å². The highest BCUT2D eigenvalue weighted by Crippen LogP contribution is 2.38. The molecule has 0 amide bonds. The van der Waals surface area contributed by atoms with Crippen LogP contribution < -0.4 is 5.73 Å². The molecule has 2 rings (SSSR count). The standard InChI is InChI=1S/C12H24N2S/c1-11(2)4-3-6-14(9-11)12(8-13)5-7-15-10-12/h3-10,13H2,1-2H3. The lowest BCUT2D eigenvalue weighted by atomic mass is 9.81. The van der Waals surface area contributed by atoms with Crippen molar-refractivity contribution in [3.05, 3.63) is 0 Å². The molecule has 0 saturated carbocycles. The molecule has 2 N–H and O–H groups in total. The monoisotopic (exact) mass is 228 g/mol. The maximum Gasteiger partial charge on any atom is 0.0429 e. The molecule has 0 aromatic rings. The number of nitrogens with zero attached hydrogens (tertiary/aromatic N) is 1. The molecule has 2 nitrogen and oxygen atoms in total. The van der Waals surface area contributed by atoms with Crippen LogP contribution in [0.25, 0.3) is 0 Å². The van der Waals surface area contributed by atoms with E-state index in [1.165, 1.54) is 43.9 Å². The highest BCUT2D eigenvalue weighted by Gasteiger charge is 2.42. The molecule has 1 atom stereocenters. The molecule has 3 heteroatoms. The van der Waals surface area contributed by atoms with E-state index in [1.807, 2.05) is 0 Å². The van der Waals surface area contributed by atoms with Crippen molar-refractivity contribution < 1.29 is 0 Å². The molecule has 0 aromatic carbocycles. The Hall–Kier alpha value is 0.270. The average molecular weight is 228 g/mol. The third-order valence-electron chi connectivity index (χ3n) is 4.03. The molecule has 1 unspecified atom stereocenters. The van der Waals surface area contributed by atoms with Crippen LogP contribution in [-0.4, -0.2) is 41.6 Å². The molecule has 0 bridgehead atoms. The first-order chi connectivity index (χ1) is 7.08. The minimum Gasteiger partial charge on any atom is -0.329 e. The van der Waals surface area contributed by atoms with Gasteiger partial charge in [0.25, 0.3) is 0 Å². The van der Waals surface area contributed by atoms with Crippen molar-refractivity contribution in [1.29, 1.82) is 0 Å². The summed E-state index contributed by atoms with van der Waals surface area (Å²) in [5.41, 5.74) is 6.86. The van der Waals surface area contributed by atoms with Gasteiger partial charge in [-0.1, -0.05) is 13.8 Å². The lowest BCUT2D eigenvalue weighted by Crippen LogP contribution is -2.58. The van der Waals surface area contributed by atoms with Crippen molar-refractivity contribution in [2.75, 3.05) is 31.1 Å². The molecule has 2 fully saturated rings. The predicted molar refractivity (Wildman–Crippen MR) is 68.3 cm³/mol. The number of nitrogens with two attached hydrogens (primary N) is 1. The number of hydrogen-bond donors (Lipinski definition) is 1. The second kappa shape index (κ2) is 4.27. The van der Waals surface area contributed by atoms with E-state index in [0.29, 0.717) is 11.0 Å². The van der Waals surface area contributed by atoms with E-state index in [1.54, 1.807) is 0 Å². The van der Waals surface area contributed by atoms with Crippen LogP contribution in [-0.2, 0) is 0 Å². The van der Waals surface area contributed by atoms with Gasteiger partial charge < -0.3 is 5.73 Å². The maximum atomic E-state index is 6.03. The zero-order valence-corrected chi connectivity index (χ0v) is 10.9. The lowest BCUT2D eigenvalue weighted by Gasteiger charge is -2.47. The minimum atomic E-state index is 0.336. The zero-order chi connectivity index (χ0) is 10.9. The van der Waals surface area contributed by atoms with E-state index in [-0.39, 0.29) is 0 Å². The van der Waals surface area contributed by atoms with E-state index in [4.69, 9.17) is 5.73 Å². The molecule has 2 heterocycles. The molecule has 0 aromatic heterocycles. The van der Waals surface area contributed by atoms with Gasteiger partial charge in [-0.2, -0.15) is 11.8 Å². The van der Waals surface area contributed by atoms with Crippen molar-refractivity contribution in [2.45, 2.75) is 38.6 Å². The zero-order valence-electron chi connectivity index (χ0n) is 10.1. The summed E-state index contributed by atoms with van der Waals surface area (Å²) < 4.78 is 0. The van der Waals surface area contributed by atoms with E-state index >= 15 is 0 Å². The fourth-order valence-electron chi connectivity index (χ4n) is 2.96. The van der Waals surface area contributed by atoms with Crippen LogP contribution in [0.4, 0.5) is 0 Å². The maximum absolute atomic E-state index is 6.03. The second-order valence-corrected chi connectivity index (χ2v) is 7.03. The van der Waals surface area contributed by atoms with Crippen LogP contribution in [0.2, 0.25) is 0 Å². The van der Waals surface area contributed by atoms with Crippen LogP contribution in [0.5, 0.6) is 0 Å². The largest absolute Gasteiger partial charge is 0.329 e. The highest BCUT2D eigenvalue weighted by molar-refractivity contribution is 7.99. The molecule has 88 valence electrons. The number of piperidine rings is 1. The number of rotatable bonds is 2. The Balaban J connectivity index is 2.08. The fraction of sp³-hybridized carbons (Fsp3) is 1.00. The molecule has 2 saturated heterocycles.